The van der Waals surface area contributed by atoms with Gasteiger partial charge in [-0.3, -0.25) is 0 Å². The molecule has 5 N–H and O–H groups in total. The molecule has 8 nitrogen and oxygen atoms in total. The number of hydrogen-bond donors (Lipinski definition) is 4. The summed E-state index contributed by atoms with van der Waals surface area (Å²) in [5.41, 5.74) is 10.2. The summed E-state index contributed by atoms with van der Waals surface area (Å²) in [4.78, 5) is 25.0. The third kappa shape index (κ3) is 4.43. The van der Waals surface area contributed by atoms with Crippen LogP contribution in [0.2, 0.25) is 0 Å². The van der Waals surface area contributed by atoms with Gasteiger partial charge in [-0.2, -0.15) is 0 Å². The highest BCUT2D eigenvalue weighted by molar-refractivity contribution is 7.13. The van der Waals surface area contributed by atoms with Gasteiger partial charge in [0.15, 0.2) is 0 Å². The Hall–Kier alpha value is -3.82. The van der Waals surface area contributed by atoms with E-state index in [1.54, 1.807) is 36.5 Å². The second-order valence-electron chi connectivity index (χ2n) is 6.38. The largest absolute Gasteiger partial charge is 0.392 e. The van der Waals surface area contributed by atoms with E-state index in [-0.39, 0.29) is 12.6 Å². The van der Waals surface area contributed by atoms with Gasteiger partial charge in [0.2, 0.25) is 0 Å². The number of nitrogens with zero attached hydrogens (tertiary/aromatic N) is 3. The molecule has 4 rings (SSSR count). The molecule has 0 saturated carbocycles. The molecule has 0 atom stereocenters. The van der Waals surface area contributed by atoms with Crippen molar-refractivity contribution in [2.75, 3.05) is 16.4 Å². The Morgan fingerprint density at radius 3 is 2.63 bits per heavy atom. The van der Waals surface area contributed by atoms with E-state index in [4.69, 9.17) is 5.73 Å². The lowest BCUT2D eigenvalue weighted by molar-refractivity contribution is 0.262. The van der Waals surface area contributed by atoms with Gasteiger partial charge >= 0.3 is 6.03 Å². The van der Waals surface area contributed by atoms with E-state index in [1.165, 1.54) is 17.7 Å². The number of carbonyl (C=O) groups is 1. The highest BCUT2D eigenvalue weighted by Gasteiger charge is 2.11. The summed E-state index contributed by atoms with van der Waals surface area (Å²) in [6, 6.07) is 14.0. The molecule has 0 unspecified atom stereocenters. The van der Waals surface area contributed by atoms with Gasteiger partial charge in [-0.1, -0.05) is 24.3 Å². The van der Waals surface area contributed by atoms with Crippen LogP contribution >= 0.6 is 11.3 Å². The number of thiazole rings is 1. The van der Waals surface area contributed by atoms with Gasteiger partial charge in [0.1, 0.15) is 17.2 Å². The first-order valence-electron chi connectivity index (χ1n) is 9.02. The first-order valence-corrected chi connectivity index (χ1v) is 9.90. The number of aromatic nitrogens is 3. The number of carbonyl (C=O) groups excluding carboxylic acids is 1. The molecule has 0 saturated heterocycles. The molecule has 30 heavy (non-hydrogen) atoms. The van der Waals surface area contributed by atoms with Gasteiger partial charge in [-0.05, 0) is 29.8 Å². The number of aliphatic hydroxyl groups is 1. The van der Waals surface area contributed by atoms with E-state index in [0.717, 1.165) is 21.8 Å². The topological polar surface area (TPSA) is 126 Å². The quantitative estimate of drug-likeness (QED) is 0.388. The summed E-state index contributed by atoms with van der Waals surface area (Å²) < 4.78 is 0. The Balaban J connectivity index is 1.49. The molecule has 0 aliphatic carbocycles. The number of amides is 2. The van der Waals surface area contributed by atoms with Gasteiger partial charge in [-0.25, -0.2) is 19.7 Å². The molecule has 0 spiro atoms. The highest BCUT2D eigenvalue weighted by Crippen LogP contribution is 2.31. The minimum Gasteiger partial charge on any atom is -0.392 e. The second kappa shape index (κ2) is 8.68. The summed E-state index contributed by atoms with van der Waals surface area (Å²) >= 11 is 1.45. The molecule has 2 heterocycles. The molecular formula is C21H18N6O2S. The molecule has 4 aromatic rings. The number of nitrogens with two attached hydrogens (primary N) is 1. The molecule has 0 fully saturated rings. The third-order valence-electron chi connectivity index (χ3n) is 4.26. The van der Waals surface area contributed by atoms with E-state index in [0.29, 0.717) is 22.8 Å². The van der Waals surface area contributed by atoms with Crippen molar-refractivity contribution in [3.8, 4) is 21.8 Å². The van der Waals surface area contributed by atoms with E-state index >= 15 is 0 Å². The number of benzene rings is 2. The van der Waals surface area contributed by atoms with Crippen molar-refractivity contribution in [3.63, 3.8) is 0 Å². The zero-order valence-corrected chi connectivity index (χ0v) is 16.6. The summed E-state index contributed by atoms with van der Waals surface area (Å²) in [7, 11) is 0. The van der Waals surface area contributed by atoms with Crippen LogP contribution in [0.5, 0.6) is 0 Å². The number of hydrogen-bond acceptors (Lipinski definition) is 7. The molecule has 0 radical (unpaired) electrons. The molecule has 2 amide bonds. The van der Waals surface area contributed by atoms with Crippen LogP contribution < -0.4 is 16.4 Å². The fourth-order valence-corrected chi connectivity index (χ4v) is 3.68. The van der Waals surface area contributed by atoms with Gasteiger partial charge in [-0.15, -0.1) is 11.3 Å². The van der Waals surface area contributed by atoms with Crippen molar-refractivity contribution >= 4 is 34.6 Å². The van der Waals surface area contributed by atoms with Crippen LogP contribution in [0.1, 0.15) is 5.56 Å². The second-order valence-corrected chi connectivity index (χ2v) is 7.24. The molecule has 0 aliphatic heterocycles. The minimum absolute atomic E-state index is 0.0877. The summed E-state index contributed by atoms with van der Waals surface area (Å²) in [5.74, 6) is 0.378. The normalized spacial score (nSPS) is 10.6. The average molecular weight is 418 g/mol. The number of aliphatic hydroxyl groups excluding tert-OH is 1. The Labute approximate surface area is 176 Å². The Kier molecular flexibility index (Phi) is 5.64. The smallest absolute Gasteiger partial charge is 0.323 e. The molecule has 150 valence electrons. The van der Waals surface area contributed by atoms with Crippen molar-refractivity contribution in [2.24, 2.45) is 0 Å². The van der Waals surface area contributed by atoms with Crippen molar-refractivity contribution in [1.29, 1.82) is 0 Å². The summed E-state index contributed by atoms with van der Waals surface area (Å²) in [6.07, 6.45) is 3.03. The van der Waals surface area contributed by atoms with Crippen molar-refractivity contribution in [1.82, 2.24) is 15.0 Å². The van der Waals surface area contributed by atoms with Crippen LogP contribution in [-0.2, 0) is 6.61 Å². The number of anilines is 3. The van der Waals surface area contributed by atoms with Gasteiger partial charge < -0.3 is 21.5 Å². The van der Waals surface area contributed by atoms with Crippen LogP contribution in [0.4, 0.5) is 22.0 Å². The lowest BCUT2D eigenvalue weighted by atomic mass is 10.1. The van der Waals surface area contributed by atoms with Crippen LogP contribution in [0, 0.1) is 0 Å². The Morgan fingerprint density at radius 1 is 1.10 bits per heavy atom. The van der Waals surface area contributed by atoms with Crippen molar-refractivity contribution in [2.45, 2.75) is 6.61 Å². The van der Waals surface area contributed by atoms with E-state index in [2.05, 4.69) is 25.6 Å². The molecule has 9 heteroatoms. The zero-order valence-electron chi connectivity index (χ0n) is 15.7. The maximum absolute atomic E-state index is 12.3. The first-order chi connectivity index (χ1) is 14.6. The first kappa shape index (κ1) is 19.5. The Morgan fingerprint density at radius 2 is 1.87 bits per heavy atom. The van der Waals surface area contributed by atoms with Crippen LogP contribution in [-0.4, -0.2) is 26.1 Å². The van der Waals surface area contributed by atoms with Gasteiger partial charge in [0, 0.05) is 28.5 Å². The zero-order chi connectivity index (χ0) is 20.9. The average Bonchev–Trinajstić information content (AvgIpc) is 3.24. The summed E-state index contributed by atoms with van der Waals surface area (Å²) in [6.45, 7) is -0.0877. The number of urea groups is 1. The van der Waals surface area contributed by atoms with Crippen molar-refractivity contribution < 1.29 is 9.90 Å². The summed E-state index contributed by atoms with van der Waals surface area (Å²) in [5, 5.41) is 17.4. The fourth-order valence-electron chi connectivity index (χ4n) is 2.83. The van der Waals surface area contributed by atoms with E-state index in [9.17, 15) is 9.90 Å². The van der Waals surface area contributed by atoms with E-state index in [1.807, 2.05) is 23.6 Å². The fraction of sp³-hybridized carbons (Fsp3) is 0.0476. The van der Waals surface area contributed by atoms with E-state index < -0.39 is 0 Å². The molecular weight excluding hydrogens is 400 g/mol. The van der Waals surface area contributed by atoms with Gasteiger partial charge in [0.25, 0.3) is 0 Å². The molecule has 2 aromatic heterocycles. The monoisotopic (exact) mass is 418 g/mol. The lowest BCUT2D eigenvalue weighted by Gasteiger charge is -2.09. The minimum atomic E-state index is -0.379. The van der Waals surface area contributed by atoms with Crippen LogP contribution in [0.15, 0.2) is 66.4 Å². The SMILES string of the molecule is Nc1ncncc1-c1nc(-c2cccc(NC(=O)Nc3cccc(CO)c3)c2)cs1. The maximum Gasteiger partial charge on any atom is 0.323 e. The molecule has 0 bridgehead atoms. The Bertz CT molecular complexity index is 1190. The lowest BCUT2D eigenvalue weighted by Crippen LogP contribution is -2.19. The number of rotatable bonds is 5. The standard InChI is InChI=1S/C21H18N6O2S/c22-19-17(9-23-12-24-19)20-27-18(11-30-20)14-4-2-6-16(8-14)26-21(29)25-15-5-1-3-13(7-15)10-28/h1-9,11-12,28H,10H2,(H2,22,23,24)(H2,25,26,29). The third-order valence-corrected chi connectivity index (χ3v) is 5.14. The highest BCUT2D eigenvalue weighted by atomic mass is 32.1. The number of nitrogen functional groups attached to an aromatic ring is 1. The predicted molar refractivity (Wildman–Crippen MR) is 118 cm³/mol. The molecule has 2 aromatic carbocycles. The predicted octanol–water partition coefficient (Wildman–Crippen LogP) is 3.99. The number of nitrogens with one attached hydrogen (secondary N) is 2. The maximum atomic E-state index is 12.3. The van der Waals surface area contributed by atoms with Gasteiger partial charge in [0.05, 0.1) is 17.9 Å². The van der Waals surface area contributed by atoms with Crippen LogP contribution in [0.3, 0.4) is 0 Å². The van der Waals surface area contributed by atoms with Crippen molar-refractivity contribution in [3.05, 3.63) is 72.0 Å². The van der Waals surface area contributed by atoms with Crippen LogP contribution in [0.25, 0.3) is 21.8 Å². The molecule has 0 aliphatic rings.